The topological polar surface area (TPSA) is 83.5 Å². The highest BCUT2D eigenvalue weighted by molar-refractivity contribution is 5.73. The van der Waals surface area contributed by atoms with Crippen molar-refractivity contribution in [1.29, 1.82) is 0 Å². The largest absolute Gasteiger partial charge is 0.508 e. The van der Waals surface area contributed by atoms with Crippen LogP contribution in [-0.2, 0) is 17.6 Å². The summed E-state index contributed by atoms with van der Waals surface area (Å²) in [6.07, 6.45) is 4.44. The molecule has 0 unspecified atom stereocenters. The lowest BCUT2D eigenvalue weighted by Crippen LogP contribution is -2.32. The summed E-state index contributed by atoms with van der Waals surface area (Å²) in [6, 6.07) is 4.16. The van der Waals surface area contributed by atoms with E-state index in [1.165, 1.54) is 0 Å². The molecule has 0 spiro atoms. The number of hydrogen-bond donors (Lipinski definition) is 3. The number of rotatable bonds is 7. The number of phenolic OH excluding ortho intramolecular Hbond substituents is 1. The first-order valence-corrected chi connectivity index (χ1v) is 6.33. The van der Waals surface area contributed by atoms with Crippen molar-refractivity contribution in [2.45, 2.75) is 45.1 Å². The minimum Gasteiger partial charge on any atom is -0.508 e. The average molecular weight is 251 g/mol. The van der Waals surface area contributed by atoms with Gasteiger partial charge in [-0.15, -0.1) is 0 Å². The molecule has 0 aliphatic rings. The minimum atomic E-state index is -0.998. The van der Waals surface area contributed by atoms with Crippen molar-refractivity contribution >= 4 is 5.97 Å². The molecule has 0 bridgehead atoms. The Morgan fingerprint density at radius 2 is 2.06 bits per heavy atom. The molecule has 4 N–H and O–H groups in total. The van der Waals surface area contributed by atoms with Gasteiger partial charge in [0.15, 0.2) is 0 Å². The number of aryl methyl sites for hydroxylation is 1. The van der Waals surface area contributed by atoms with Crippen LogP contribution in [-0.4, -0.2) is 22.2 Å². The third-order valence-corrected chi connectivity index (χ3v) is 3.00. The van der Waals surface area contributed by atoms with Gasteiger partial charge in [0.1, 0.15) is 11.8 Å². The molecule has 4 heteroatoms. The maximum atomic E-state index is 10.8. The van der Waals surface area contributed by atoms with Crippen molar-refractivity contribution in [3.8, 4) is 5.75 Å². The van der Waals surface area contributed by atoms with E-state index in [1.807, 2.05) is 0 Å². The van der Waals surface area contributed by atoms with E-state index in [2.05, 4.69) is 6.92 Å². The number of carboxylic acids is 1. The first-order valence-electron chi connectivity index (χ1n) is 6.33. The van der Waals surface area contributed by atoms with Gasteiger partial charge in [-0.2, -0.15) is 0 Å². The second-order valence-electron chi connectivity index (χ2n) is 4.56. The number of carboxylic acid groups (broad SMARTS) is 1. The van der Waals surface area contributed by atoms with Gasteiger partial charge in [0, 0.05) is 0 Å². The minimum absolute atomic E-state index is 0.217. The lowest BCUT2D eigenvalue weighted by atomic mass is 9.96. The molecule has 0 amide bonds. The standard InChI is InChI=1S/C14H21NO3/c1-2-3-4-5-10-8-12(16)7-6-11(10)9-13(15)14(17)18/h6-8,13,16H,2-5,9,15H2,1H3,(H,17,18)/t13-/m0/s1. The molecule has 0 aliphatic carbocycles. The summed E-state index contributed by atoms with van der Waals surface area (Å²) in [7, 11) is 0. The quantitative estimate of drug-likeness (QED) is 0.648. The fraction of sp³-hybridized carbons (Fsp3) is 0.500. The normalized spacial score (nSPS) is 12.3. The van der Waals surface area contributed by atoms with Gasteiger partial charge in [0.2, 0.25) is 0 Å². The molecular formula is C14H21NO3. The molecule has 0 radical (unpaired) electrons. The Morgan fingerprint density at radius 1 is 1.33 bits per heavy atom. The molecule has 1 atom stereocenters. The molecule has 18 heavy (non-hydrogen) atoms. The smallest absolute Gasteiger partial charge is 0.320 e. The maximum Gasteiger partial charge on any atom is 0.320 e. The second-order valence-corrected chi connectivity index (χ2v) is 4.56. The SMILES string of the molecule is CCCCCc1cc(O)ccc1C[C@H](N)C(=O)O. The Kier molecular flexibility index (Phi) is 5.65. The lowest BCUT2D eigenvalue weighted by Gasteiger charge is -2.12. The number of aliphatic carboxylic acids is 1. The summed E-state index contributed by atoms with van der Waals surface area (Å²) in [5.41, 5.74) is 7.46. The van der Waals surface area contributed by atoms with Crippen LogP contribution in [0.3, 0.4) is 0 Å². The average Bonchev–Trinajstić information content (AvgIpc) is 2.32. The Morgan fingerprint density at radius 3 is 2.67 bits per heavy atom. The second kappa shape index (κ2) is 7.01. The number of carbonyl (C=O) groups is 1. The lowest BCUT2D eigenvalue weighted by molar-refractivity contribution is -0.138. The first-order chi connectivity index (χ1) is 8.54. The molecule has 0 fully saturated rings. The molecule has 0 heterocycles. The summed E-state index contributed by atoms with van der Waals surface area (Å²) in [5.74, 6) is -0.781. The highest BCUT2D eigenvalue weighted by Gasteiger charge is 2.14. The third-order valence-electron chi connectivity index (χ3n) is 3.00. The van der Waals surface area contributed by atoms with E-state index in [0.29, 0.717) is 6.42 Å². The summed E-state index contributed by atoms with van der Waals surface area (Å²) >= 11 is 0. The van der Waals surface area contributed by atoms with Crippen LogP contribution in [0.15, 0.2) is 18.2 Å². The van der Waals surface area contributed by atoms with E-state index in [0.717, 1.165) is 36.8 Å². The fourth-order valence-corrected chi connectivity index (χ4v) is 1.93. The summed E-state index contributed by atoms with van der Waals surface area (Å²) in [4.78, 5) is 10.8. The van der Waals surface area contributed by atoms with Gasteiger partial charge in [-0.25, -0.2) is 0 Å². The predicted molar refractivity (Wildman–Crippen MR) is 70.7 cm³/mol. The van der Waals surface area contributed by atoms with E-state index in [4.69, 9.17) is 10.8 Å². The molecule has 1 rings (SSSR count). The van der Waals surface area contributed by atoms with Gasteiger partial charge in [0.25, 0.3) is 0 Å². The highest BCUT2D eigenvalue weighted by Crippen LogP contribution is 2.20. The number of unbranched alkanes of at least 4 members (excludes halogenated alkanes) is 2. The summed E-state index contributed by atoms with van der Waals surface area (Å²) in [5, 5.41) is 18.3. The molecule has 0 aliphatic heterocycles. The molecule has 1 aromatic rings. The van der Waals surface area contributed by atoms with Crippen LogP contribution in [0.2, 0.25) is 0 Å². The summed E-state index contributed by atoms with van der Waals surface area (Å²) < 4.78 is 0. The van der Waals surface area contributed by atoms with Crippen molar-refractivity contribution in [2.24, 2.45) is 5.73 Å². The fourth-order valence-electron chi connectivity index (χ4n) is 1.93. The van der Waals surface area contributed by atoms with E-state index < -0.39 is 12.0 Å². The first kappa shape index (κ1) is 14.5. The van der Waals surface area contributed by atoms with Crippen molar-refractivity contribution < 1.29 is 15.0 Å². The third kappa shape index (κ3) is 4.37. The van der Waals surface area contributed by atoms with Crippen LogP contribution in [0, 0.1) is 0 Å². The van der Waals surface area contributed by atoms with Gasteiger partial charge in [-0.05, 0) is 42.5 Å². The number of benzene rings is 1. The van der Waals surface area contributed by atoms with Gasteiger partial charge < -0.3 is 15.9 Å². The van der Waals surface area contributed by atoms with Gasteiger partial charge in [0.05, 0.1) is 0 Å². The van der Waals surface area contributed by atoms with Crippen LogP contribution in [0.4, 0.5) is 0 Å². The summed E-state index contributed by atoms with van der Waals surface area (Å²) in [6.45, 7) is 2.13. The van der Waals surface area contributed by atoms with Crippen LogP contribution >= 0.6 is 0 Å². The van der Waals surface area contributed by atoms with Gasteiger partial charge >= 0.3 is 5.97 Å². The number of aromatic hydroxyl groups is 1. The van der Waals surface area contributed by atoms with Crippen molar-refractivity contribution in [3.05, 3.63) is 29.3 Å². The Balaban J connectivity index is 2.78. The van der Waals surface area contributed by atoms with Crippen LogP contribution in [0.25, 0.3) is 0 Å². The van der Waals surface area contributed by atoms with Crippen LogP contribution < -0.4 is 5.73 Å². The van der Waals surface area contributed by atoms with Crippen molar-refractivity contribution in [1.82, 2.24) is 0 Å². The Hall–Kier alpha value is -1.55. The molecule has 1 aromatic carbocycles. The van der Waals surface area contributed by atoms with E-state index in [9.17, 15) is 9.90 Å². The van der Waals surface area contributed by atoms with E-state index >= 15 is 0 Å². The van der Waals surface area contributed by atoms with Gasteiger partial charge in [-0.3, -0.25) is 4.79 Å². The zero-order chi connectivity index (χ0) is 13.5. The number of nitrogens with two attached hydrogens (primary N) is 1. The molecule has 0 saturated carbocycles. The van der Waals surface area contributed by atoms with Crippen LogP contribution in [0.5, 0.6) is 5.75 Å². The van der Waals surface area contributed by atoms with Crippen molar-refractivity contribution in [2.75, 3.05) is 0 Å². The number of hydrogen-bond acceptors (Lipinski definition) is 3. The monoisotopic (exact) mass is 251 g/mol. The Labute approximate surface area is 107 Å². The van der Waals surface area contributed by atoms with E-state index in [1.54, 1.807) is 18.2 Å². The zero-order valence-electron chi connectivity index (χ0n) is 10.7. The zero-order valence-corrected chi connectivity index (χ0v) is 10.7. The highest BCUT2D eigenvalue weighted by atomic mass is 16.4. The molecule has 0 saturated heterocycles. The number of phenols is 1. The molecule has 4 nitrogen and oxygen atoms in total. The molecule has 0 aromatic heterocycles. The maximum absolute atomic E-state index is 10.8. The molecular weight excluding hydrogens is 230 g/mol. The van der Waals surface area contributed by atoms with E-state index in [-0.39, 0.29) is 5.75 Å². The molecule has 100 valence electrons. The predicted octanol–water partition coefficient (Wildman–Crippen LogP) is 2.08. The van der Waals surface area contributed by atoms with Crippen LogP contribution in [0.1, 0.15) is 37.3 Å². The Bertz CT molecular complexity index is 404. The van der Waals surface area contributed by atoms with Crippen molar-refractivity contribution in [3.63, 3.8) is 0 Å². The van der Waals surface area contributed by atoms with Gasteiger partial charge in [-0.1, -0.05) is 25.8 Å².